The lowest BCUT2D eigenvalue weighted by Crippen LogP contribution is -2.51. The van der Waals surface area contributed by atoms with E-state index in [4.69, 9.17) is 14.8 Å². The number of halogens is 3. The molecule has 1 atom stereocenters. The lowest BCUT2D eigenvalue weighted by atomic mass is 9.80. The number of piperidine rings is 1. The minimum absolute atomic E-state index is 0.0872. The normalized spacial score (nSPS) is 19.0. The summed E-state index contributed by atoms with van der Waals surface area (Å²) >= 11 is 0. The molecule has 0 radical (unpaired) electrons. The standard InChI is InChI=1S/C25H29F3N4O3/c1-15(2)21-16(3)29-20-12-19(17-6-8-18(9-7-17)25(26,27)28)30-32(20)22(21)31-11-5-10-24(13-31,14-35-4)23(33)34/h6-9,12,15H,5,10-11,13-14H2,1-4H3,(H,33,34). The van der Waals surface area contributed by atoms with E-state index in [0.717, 1.165) is 29.2 Å². The maximum atomic E-state index is 13.0. The van der Waals surface area contributed by atoms with Crippen LogP contribution >= 0.6 is 0 Å². The van der Waals surface area contributed by atoms with Crippen LogP contribution in [0.15, 0.2) is 30.3 Å². The van der Waals surface area contributed by atoms with Gasteiger partial charge in [0.05, 0.1) is 17.9 Å². The van der Waals surface area contributed by atoms with Gasteiger partial charge in [-0.15, -0.1) is 0 Å². The van der Waals surface area contributed by atoms with Crippen LogP contribution in [-0.2, 0) is 15.7 Å². The Morgan fingerprint density at radius 3 is 2.51 bits per heavy atom. The van der Waals surface area contributed by atoms with E-state index in [1.54, 1.807) is 10.6 Å². The highest BCUT2D eigenvalue weighted by molar-refractivity contribution is 5.77. The number of alkyl halides is 3. The van der Waals surface area contributed by atoms with E-state index in [9.17, 15) is 23.1 Å². The average molecular weight is 491 g/mol. The fourth-order valence-electron chi connectivity index (χ4n) is 5.01. The highest BCUT2D eigenvalue weighted by atomic mass is 19.4. The van der Waals surface area contributed by atoms with Crippen molar-refractivity contribution in [2.24, 2.45) is 5.41 Å². The number of aromatic nitrogens is 3. The van der Waals surface area contributed by atoms with Gasteiger partial charge in [0.1, 0.15) is 11.2 Å². The first-order valence-corrected chi connectivity index (χ1v) is 11.5. The van der Waals surface area contributed by atoms with E-state index in [1.807, 2.05) is 25.7 Å². The van der Waals surface area contributed by atoms with Crippen LogP contribution in [-0.4, -0.2) is 52.5 Å². The number of carbonyl (C=O) groups is 1. The monoisotopic (exact) mass is 490 g/mol. The molecule has 2 aromatic heterocycles. The van der Waals surface area contributed by atoms with E-state index >= 15 is 0 Å². The minimum Gasteiger partial charge on any atom is -0.481 e. The lowest BCUT2D eigenvalue weighted by Gasteiger charge is -2.41. The number of rotatable bonds is 6. The Balaban J connectivity index is 1.85. The highest BCUT2D eigenvalue weighted by Crippen LogP contribution is 2.38. The average Bonchev–Trinajstić information content (AvgIpc) is 3.21. The molecule has 35 heavy (non-hydrogen) atoms. The van der Waals surface area contributed by atoms with Gasteiger partial charge in [0.25, 0.3) is 0 Å². The number of benzene rings is 1. The molecule has 3 heterocycles. The molecule has 188 valence electrons. The van der Waals surface area contributed by atoms with Gasteiger partial charge in [0, 0.05) is 43.1 Å². The van der Waals surface area contributed by atoms with Crippen molar-refractivity contribution >= 4 is 17.4 Å². The summed E-state index contributed by atoms with van der Waals surface area (Å²) in [5.41, 5.74) is 1.57. The Morgan fingerprint density at radius 2 is 1.94 bits per heavy atom. The van der Waals surface area contributed by atoms with Crippen LogP contribution in [0.3, 0.4) is 0 Å². The second-order valence-corrected chi connectivity index (χ2v) is 9.51. The van der Waals surface area contributed by atoms with Crippen molar-refractivity contribution in [2.75, 3.05) is 31.7 Å². The van der Waals surface area contributed by atoms with E-state index in [1.165, 1.54) is 19.2 Å². The molecule has 1 unspecified atom stereocenters. The first-order valence-electron chi connectivity index (χ1n) is 11.5. The summed E-state index contributed by atoms with van der Waals surface area (Å²) in [6, 6.07) is 6.61. The number of carboxylic acids is 1. The number of hydrogen-bond acceptors (Lipinski definition) is 5. The van der Waals surface area contributed by atoms with Crippen LogP contribution in [0.25, 0.3) is 16.9 Å². The Hall–Kier alpha value is -3.14. The minimum atomic E-state index is -4.41. The van der Waals surface area contributed by atoms with E-state index in [0.29, 0.717) is 36.3 Å². The molecule has 3 aromatic rings. The molecule has 1 fully saturated rings. The number of hydrogen-bond donors (Lipinski definition) is 1. The molecule has 0 aliphatic carbocycles. The molecule has 0 amide bonds. The predicted octanol–water partition coefficient (Wildman–Crippen LogP) is 5.16. The first kappa shape index (κ1) is 25.0. The first-order chi connectivity index (χ1) is 16.5. The van der Waals surface area contributed by atoms with Crippen LogP contribution in [0.4, 0.5) is 19.0 Å². The number of ether oxygens (including phenoxy) is 1. The third-order valence-corrected chi connectivity index (χ3v) is 6.64. The summed E-state index contributed by atoms with van der Waals surface area (Å²) in [6.45, 7) is 6.99. The molecule has 1 aliphatic heterocycles. The predicted molar refractivity (Wildman–Crippen MR) is 126 cm³/mol. The van der Waals surface area contributed by atoms with Crippen molar-refractivity contribution in [1.82, 2.24) is 14.6 Å². The zero-order valence-electron chi connectivity index (χ0n) is 20.2. The number of aliphatic carboxylic acids is 1. The van der Waals surface area contributed by atoms with Gasteiger partial charge in [-0.1, -0.05) is 26.0 Å². The second kappa shape index (κ2) is 9.14. The Kier molecular flexibility index (Phi) is 6.52. The number of aryl methyl sites for hydroxylation is 1. The second-order valence-electron chi connectivity index (χ2n) is 9.51. The molecular formula is C25H29F3N4O3. The lowest BCUT2D eigenvalue weighted by molar-refractivity contribution is -0.153. The van der Waals surface area contributed by atoms with Gasteiger partial charge < -0.3 is 14.7 Å². The summed E-state index contributed by atoms with van der Waals surface area (Å²) in [7, 11) is 1.50. The van der Waals surface area contributed by atoms with Crippen molar-refractivity contribution in [3.05, 3.63) is 47.2 Å². The van der Waals surface area contributed by atoms with E-state index in [-0.39, 0.29) is 19.1 Å². The quantitative estimate of drug-likeness (QED) is 0.514. The zero-order valence-corrected chi connectivity index (χ0v) is 20.2. The number of anilines is 1. The van der Waals surface area contributed by atoms with Gasteiger partial charge in [-0.3, -0.25) is 4.79 Å². The van der Waals surface area contributed by atoms with Gasteiger partial charge in [-0.25, -0.2) is 4.98 Å². The van der Waals surface area contributed by atoms with Gasteiger partial charge in [0.15, 0.2) is 5.65 Å². The topological polar surface area (TPSA) is 80.0 Å². The molecule has 4 rings (SSSR count). The molecule has 1 aromatic carbocycles. The number of fused-ring (bicyclic) bond motifs is 1. The van der Waals surface area contributed by atoms with E-state index < -0.39 is 23.1 Å². The molecule has 10 heteroatoms. The van der Waals surface area contributed by atoms with Gasteiger partial charge in [-0.05, 0) is 37.8 Å². The van der Waals surface area contributed by atoms with Gasteiger partial charge in [-0.2, -0.15) is 22.8 Å². The van der Waals surface area contributed by atoms with E-state index in [2.05, 4.69) is 0 Å². The van der Waals surface area contributed by atoms with Gasteiger partial charge in [0.2, 0.25) is 0 Å². The maximum absolute atomic E-state index is 13.0. The zero-order chi connectivity index (χ0) is 25.5. The van der Waals surface area contributed by atoms with Crippen LogP contribution < -0.4 is 4.90 Å². The summed E-state index contributed by atoms with van der Waals surface area (Å²) in [4.78, 5) is 19.0. The number of nitrogens with zero attached hydrogens (tertiary/aromatic N) is 4. The number of carboxylic acid groups (broad SMARTS) is 1. The SMILES string of the molecule is COCC1(C(=O)O)CCCN(c2c(C(C)C)c(C)nc3cc(-c4ccc(C(F)(F)F)cc4)nn23)C1. The fourth-order valence-corrected chi connectivity index (χ4v) is 5.01. The molecule has 0 saturated carbocycles. The van der Waals surface area contributed by atoms with Crippen molar-refractivity contribution in [3.63, 3.8) is 0 Å². The largest absolute Gasteiger partial charge is 0.481 e. The van der Waals surface area contributed by atoms with Crippen molar-refractivity contribution in [2.45, 2.75) is 45.7 Å². The summed E-state index contributed by atoms with van der Waals surface area (Å²) < 4.78 is 46.0. The molecule has 0 bridgehead atoms. The molecule has 1 saturated heterocycles. The van der Waals surface area contributed by atoms with Crippen molar-refractivity contribution in [3.8, 4) is 11.3 Å². The highest BCUT2D eigenvalue weighted by Gasteiger charge is 2.44. The fraction of sp³-hybridized carbons (Fsp3) is 0.480. The molecule has 7 nitrogen and oxygen atoms in total. The van der Waals surface area contributed by atoms with Gasteiger partial charge >= 0.3 is 12.1 Å². The smallest absolute Gasteiger partial charge is 0.416 e. The van der Waals surface area contributed by atoms with Crippen LogP contribution in [0.5, 0.6) is 0 Å². The Bertz CT molecular complexity index is 1230. The molecule has 0 spiro atoms. The summed E-state index contributed by atoms with van der Waals surface area (Å²) in [6.07, 6.45) is -3.24. The maximum Gasteiger partial charge on any atom is 0.416 e. The molecule has 1 N–H and O–H groups in total. The van der Waals surface area contributed by atoms with Crippen LogP contribution in [0.1, 0.15) is 49.4 Å². The molecule has 1 aliphatic rings. The van der Waals surface area contributed by atoms with Crippen LogP contribution in [0, 0.1) is 12.3 Å². The Labute approximate surface area is 201 Å². The van der Waals surface area contributed by atoms with Crippen molar-refractivity contribution in [1.29, 1.82) is 0 Å². The summed E-state index contributed by atoms with van der Waals surface area (Å²) in [5, 5.41) is 14.8. The Morgan fingerprint density at radius 1 is 1.26 bits per heavy atom. The third kappa shape index (κ3) is 4.59. The molecular weight excluding hydrogens is 461 g/mol. The third-order valence-electron chi connectivity index (χ3n) is 6.64. The van der Waals surface area contributed by atoms with Crippen molar-refractivity contribution < 1.29 is 27.8 Å². The number of methoxy groups -OCH3 is 1. The summed E-state index contributed by atoms with van der Waals surface area (Å²) in [5.74, 6) is -0.0469. The van der Waals surface area contributed by atoms with Crippen LogP contribution in [0.2, 0.25) is 0 Å².